The van der Waals surface area contributed by atoms with Crippen molar-refractivity contribution in [2.24, 2.45) is 4.99 Å². The topological polar surface area (TPSA) is 49.8 Å². The highest BCUT2D eigenvalue weighted by atomic mass is 127. The number of hydrogen-bond acceptors (Lipinski definition) is 3. The number of aromatic nitrogens is 1. The summed E-state index contributed by atoms with van der Waals surface area (Å²) in [5.74, 6) is 1.67. The zero-order valence-corrected chi connectivity index (χ0v) is 19.1. The summed E-state index contributed by atoms with van der Waals surface area (Å²) >= 11 is 0. The third-order valence-corrected chi connectivity index (χ3v) is 4.14. The van der Waals surface area contributed by atoms with Gasteiger partial charge in [0.05, 0.1) is 12.2 Å². The molecule has 1 aromatic heterocycles. The van der Waals surface area contributed by atoms with Gasteiger partial charge >= 0.3 is 0 Å². The molecule has 0 aliphatic rings. The van der Waals surface area contributed by atoms with Crippen LogP contribution in [0.5, 0.6) is 5.75 Å². The van der Waals surface area contributed by atoms with E-state index in [2.05, 4.69) is 28.5 Å². The van der Waals surface area contributed by atoms with Crippen LogP contribution >= 0.6 is 24.0 Å². The Hall–Kier alpha value is -2.61. The first-order valence-electron chi connectivity index (χ1n) is 9.32. The Labute approximate surface area is 189 Å². The quantitative estimate of drug-likeness (QED) is 0.294. The van der Waals surface area contributed by atoms with Crippen LogP contribution in [-0.4, -0.2) is 29.9 Å². The van der Waals surface area contributed by atoms with Crippen molar-refractivity contribution >= 4 is 29.9 Å². The zero-order chi connectivity index (χ0) is 19.6. The van der Waals surface area contributed by atoms with Gasteiger partial charge in [0, 0.05) is 26.8 Å². The van der Waals surface area contributed by atoms with Crippen LogP contribution in [0.2, 0.25) is 0 Å². The Morgan fingerprint density at radius 3 is 2.45 bits per heavy atom. The number of nitrogens with zero attached hydrogens (tertiary/aromatic N) is 3. The number of rotatable bonds is 7. The number of hydrogen-bond donors (Lipinski definition) is 1. The van der Waals surface area contributed by atoms with Crippen molar-refractivity contribution in [3.63, 3.8) is 0 Å². The average molecular weight is 502 g/mol. The Balaban J connectivity index is 0.00000300. The van der Waals surface area contributed by atoms with Crippen LogP contribution < -0.4 is 10.1 Å². The lowest BCUT2D eigenvalue weighted by Crippen LogP contribution is -2.36. The second-order valence-electron chi connectivity index (χ2n) is 6.63. The molecule has 0 bridgehead atoms. The lowest BCUT2D eigenvalue weighted by molar-refractivity contribution is 0.301. The first kappa shape index (κ1) is 22.7. The number of benzene rings is 2. The normalized spacial score (nSPS) is 10.8. The molecule has 0 saturated carbocycles. The first-order valence-corrected chi connectivity index (χ1v) is 9.32. The van der Waals surface area contributed by atoms with Gasteiger partial charge in [0.25, 0.3) is 0 Å². The molecule has 29 heavy (non-hydrogen) atoms. The third-order valence-electron chi connectivity index (χ3n) is 4.14. The van der Waals surface area contributed by atoms with E-state index in [1.165, 1.54) is 5.56 Å². The van der Waals surface area contributed by atoms with E-state index < -0.39 is 0 Å². The van der Waals surface area contributed by atoms with Gasteiger partial charge in [-0.25, -0.2) is 4.99 Å². The molecule has 0 saturated heterocycles. The molecule has 0 fully saturated rings. The molecule has 3 aromatic rings. The number of aliphatic imine (C=N–C) groups is 1. The maximum atomic E-state index is 5.86. The van der Waals surface area contributed by atoms with Gasteiger partial charge < -0.3 is 15.0 Å². The Morgan fingerprint density at radius 1 is 0.966 bits per heavy atom. The minimum Gasteiger partial charge on any atom is -0.487 e. The zero-order valence-electron chi connectivity index (χ0n) is 16.8. The fourth-order valence-corrected chi connectivity index (χ4v) is 2.67. The molecular formula is C23H27IN4O. The van der Waals surface area contributed by atoms with E-state index in [1.807, 2.05) is 73.6 Å². The summed E-state index contributed by atoms with van der Waals surface area (Å²) < 4.78 is 5.86. The summed E-state index contributed by atoms with van der Waals surface area (Å²) in [4.78, 5) is 11.0. The second-order valence-corrected chi connectivity index (χ2v) is 6.63. The minimum absolute atomic E-state index is 0. The standard InChI is InChI=1S/C23H26N4O.HI/c1-27(2)23(25-16-19-9-4-3-5-10-19)26-17-20-11-8-13-22(15-20)28-18-21-12-6-7-14-24-21;/h3-15H,16-18H2,1-2H3,(H,25,26);1H. The predicted molar refractivity (Wildman–Crippen MR) is 129 cm³/mol. The fraction of sp³-hybridized carbons (Fsp3) is 0.217. The van der Waals surface area contributed by atoms with Crippen molar-refractivity contribution in [2.45, 2.75) is 19.7 Å². The minimum atomic E-state index is 0. The van der Waals surface area contributed by atoms with Gasteiger partial charge in [-0.05, 0) is 35.4 Å². The van der Waals surface area contributed by atoms with Gasteiger partial charge in [-0.3, -0.25) is 4.98 Å². The molecule has 0 aliphatic heterocycles. The highest BCUT2D eigenvalue weighted by Gasteiger charge is 2.03. The summed E-state index contributed by atoms with van der Waals surface area (Å²) in [6, 6.07) is 24.1. The van der Waals surface area contributed by atoms with Gasteiger partial charge in [0.15, 0.2) is 5.96 Å². The summed E-state index contributed by atoms with van der Waals surface area (Å²) in [5.41, 5.74) is 3.23. The van der Waals surface area contributed by atoms with E-state index in [9.17, 15) is 0 Å². The lowest BCUT2D eigenvalue weighted by Gasteiger charge is -2.18. The molecular weight excluding hydrogens is 475 g/mol. The van der Waals surface area contributed by atoms with Crippen LogP contribution in [0.25, 0.3) is 0 Å². The Bertz CT molecular complexity index is 886. The summed E-state index contributed by atoms with van der Waals surface area (Å²) in [5, 5.41) is 3.40. The summed E-state index contributed by atoms with van der Waals surface area (Å²) in [6.07, 6.45) is 1.77. The van der Waals surface area contributed by atoms with E-state index in [0.29, 0.717) is 13.2 Å². The maximum Gasteiger partial charge on any atom is 0.194 e. The van der Waals surface area contributed by atoms with Crippen LogP contribution in [0.3, 0.4) is 0 Å². The van der Waals surface area contributed by atoms with Crippen molar-refractivity contribution in [1.82, 2.24) is 15.2 Å². The Morgan fingerprint density at radius 2 is 1.72 bits per heavy atom. The molecule has 152 valence electrons. The van der Waals surface area contributed by atoms with Gasteiger partial charge in [0.2, 0.25) is 0 Å². The van der Waals surface area contributed by atoms with Crippen LogP contribution in [0.4, 0.5) is 0 Å². The smallest absolute Gasteiger partial charge is 0.194 e. The average Bonchev–Trinajstić information content (AvgIpc) is 2.74. The van der Waals surface area contributed by atoms with Gasteiger partial charge in [-0.2, -0.15) is 0 Å². The highest BCUT2D eigenvalue weighted by Crippen LogP contribution is 2.15. The van der Waals surface area contributed by atoms with Crippen molar-refractivity contribution in [2.75, 3.05) is 14.1 Å². The number of guanidine groups is 1. The van der Waals surface area contributed by atoms with Crippen molar-refractivity contribution in [1.29, 1.82) is 0 Å². The van der Waals surface area contributed by atoms with Crippen molar-refractivity contribution in [3.8, 4) is 5.75 Å². The molecule has 6 heteroatoms. The molecule has 0 amide bonds. The molecule has 3 rings (SSSR count). The Kier molecular flexibility index (Phi) is 9.43. The van der Waals surface area contributed by atoms with Crippen LogP contribution in [0.1, 0.15) is 16.8 Å². The number of nitrogens with one attached hydrogen (secondary N) is 1. The highest BCUT2D eigenvalue weighted by molar-refractivity contribution is 14.0. The van der Waals surface area contributed by atoms with E-state index in [-0.39, 0.29) is 24.0 Å². The molecule has 0 aliphatic carbocycles. The predicted octanol–water partition coefficient (Wildman–Crippen LogP) is 4.49. The van der Waals surface area contributed by atoms with E-state index in [0.717, 1.165) is 29.5 Å². The number of halogens is 1. The van der Waals surface area contributed by atoms with Gasteiger partial charge in [0.1, 0.15) is 12.4 Å². The van der Waals surface area contributed by atoms with E-state index >= 15 is 0 Å². The monoisotopic (exact) mass is 502 g/mol. The van der Waals surface area contributed by atoms with Crippen molar-refractivity contribution < 1.29 is 4.74 Å². The maximum absolute atomic E-state index is 5.86. The van der Waals surface area contributed by atoms with E-state index in [4.69, 9.17) is 9.73 Å². The molecule has 0 spiro atoms. The fourth-order valence-electron chi connectivity index (χ4n) is 2.67. The van der Waals surface area contributed by atoms with Crippen LogP contribution in [0.15, 0.2) is 84.0 Å². The molecule has 1 N–H and O–H groups in total. The summed E-state index contributed by atoms with van der Waals surface area (Å²) in [7, 11) is 3.98. The van der Waals surface area contributed by atoms with E-state index in [1.54, 1.807) is 6.20 Å². The number of ether oxygens (including phenoxy) is 1. The number of pyridine rings is 1. The molecule has 0 radical (unpaired) electrons. The lowest BCUT2D eigenvalue weighted by atomic mass is 10.2. The molecule has 0 unspecified atom stereocenters. The van der Waals surface area contributed by atoms with Gasteiger partial charge in [-0.1, -0.05) is 48.5 Å². The van der Waals surface area contributed by atoms with Crippen LogP contribution in [0, 0.1) is 0 Å². The second kappa shape index (κ2) is 12.1. The molecule has 2 aromatic carbocycles. The van der Waals surface area contributed by atoms with Gasteiger partial charge in [-0.15, -0.1) is 24.0 Å². The SMILES string of the molecule is CN(C)C(=NCc1cccc(OCc2ccccn2)c1)NCc1ccccc1.I. The molecule has 0 atom stereocenters. The van der Waals surface area contributed by atoms with Crippen LogP contribution in [-0.2, 0) is 19.7 Å². The van der Waals surface area contributed by atoms with Crippen molar-refractivity contribution in [3.05, 3.63) is 95.8 Å². The summed E-state index contributed by atoms with van der Waals surface area (Å²) in [6.45, 7) is 1.77. The molecule has 1 heterocycles. The molecule has 5 nitrogen and oxygen atoms in total. The third kappa shape index (κ3) is 7.73. The first-order chi connectivity index (χ1) is 13.7. The largest absolute Gasteiger partial charge is 0.487 e.